The molecule has 3 rings (SSSR count). The summed E-state index contributed by atoms with van der Waals surface area (Å²) < 4.78 is 27.5. The van der Waals surface area contributed by atoms with Gasteiger partial charge in [-0.25, -0.2) is 8.42 Å². The molecule has 0 aromatic heterocycles. The maximum atomic E-state index is 13.0. The van der Waals surface area contributed by atoms with Gasteiger partial charge in [0, 0.05) is 6.54 Å². The largest absolute Gasteiger partial charge is 0.243 e. The number of rotatable bonds is 3. The molecule has 0 spiro atoms. The summed E-state index contributed by atoms with van der Waals surface area (Å²) >= 11 is 0. The number of nitrogens with zero attached hydrogens (tertiary/aromatic N) is 2. The van der Waals surface area contributed by atoms with E-state index in [9.17, 15) is 13.7 Å². The fraction of sp³-hybridized carbons (Fsp3) is 0.278. The van der Waals surface area contributed by atoms with Gasteiger partial charge in [0.05, 0.1) is 22.9 Å². The van der Waals surface area contributed by atoms with E-state index < -0.39 is 10.0 Å². The van der Waals surface area contributed by atoms with Crippen LogP contribution in [0.3, 0.4) is 0 Å². The predicted molar refractivity (Wildman–Crippen MR) is 88.0 cm³/mol. The average Bonchev–Trinajstić information content (AvgIpc) is 3.01. The van der Waals surface area contributed by atoms with Crippen molar-refractivity contribution in [3.8, 4) is 6.07 Å². The fourth-order valence-corrected chi connectivity index (χ4v) is 4.66. The molecule has 1 aliphatic heterocycles. The topological polar surface area (TPSA) is 61.2 Å². The van der Waals surface area contributed by atoms with Crippen LogP contribution in [-0.2, 0) is 10.0 Å². The van der Waals surface area contributed by atoms with Crippen LogP contribution in [0.25, 0.3) is 0 Å². The molecule has 0 N–H and O–H groups in total. The maximum absolute atomic E-state index is 13.0. The number of nitriles is 1. The minimum Gasteiger partial charge on any atom is -0.207 e. The number of aryl methyl sites for hydroxylation is 1. The van der Waals surface area contributed by atoms with Crippen molar-refractivity contribution in [3.63, 3.8) is 0 Å². The Labute approximate surface area is 137 Å². The monoisotopic (exact) mass is 326 g/mol. The van der Waals surface area contributed by atoms with Crippen LogP contribution in [0.1, 0.15) is 23.6 Å². The van der Waals surface area contributed by atoms with Crippen molar-refractivity contribution < 1.29 is 8.42 Å². The molecule has 1 heterocycles. The van der Waals surface area contributed by atoms with Crippen LogP contribution in [0.4, 0.5) is 0 Å². The van der Waals surface area contributed by atoms with Crippen LogP contribution in [-0.4, -0.2) is 19.3 Å². The molecule has 0 bridgehead atoms. The lowest BCUT2D eigenvalue weighted by molar-refractivity contribution is 0.395. The molecular formula is C18H18N2O2S. The van der Waals surface area contributed by atoms with Gasteiger partial charge in [0.1, 0.15) is 0 Å². The van der Waals surface area contributed by atoms with Crippen molar-refractivity contribution in [2.24, 2.45) is 5.92 Å². The van der Waals surface area contributed by atoms with E-state index in [1.54, 1.807) is 24.3 Å². The highest BCUT2D eigenvalue weighted by Gasteiger charge is 2.40. The highest BCUT2D eigenvalue weighted by Crippen LogP contribution is 2.39. The first kappa shape index (κ1) is 15.7. The molecule has 118 valence electrons. The SMILES string of the molecule is Cc1ccc(S(=O)(=O)N2CC(C#N)CC2c2ccccc2)cc1. The summed E-state index contributed by atoms with van der Waals surface area (Å²) in [6, 6.07) is 18.3. The highest BCUT2D eigenvalue weighted by molar-refractivity contribution is 7.89. The standard InChI is InChI=1S/C18H18N2O2S/c1-14-7-9-17(10-8-14)23(21,22)20-13-15(12-19)11-18(20)16-5-3-2-4-6-16/h2-10,15,18H,11,13H2,1H3. The van der Waals surface area contributed by atoms with Crippen molar-refractivity contribution in [3.05, 3.63) is 65.7 Å². The number of hydrogen-bond donors (Lipinski definition) is 0. The lowest BCUT2D eigenvalue weighted by atomic mass is 10.0. The number of benzene rings is 2. The third kappa shape index (κ3) is 3.00. The maximum Gasteiger partial charge on any atom is 0.243 e. The lowest BCUT2D eigenvalue weighted by Crippen LogP contribution is -2.31. The van der Waals surface area contributed by atoms with Gasteiger partial charge in [0.2, 0.25) is 10.0 Å². The molecule has 23 heavy (non-hydrogen) atoms. The first-order chi connectivity index (χ1) is 11.0. The van der Waals surface area contributed by atoms with Crippen molar-refractivity contribution in [1.29, 1.82) is 5.26 Å². The van der Waals surface area contributed by atoms with E-state index in [0.29, 0.717) is 6.42 Å². The summed E-state index contributed by atoms with van der Waals surface area (Å²) in [6.07, 6.45) is 0.533. The van der Waals surface area contributed by atoms with Gasteiger partial charge in [-0.1, -0.05) is 48.0 Å². The van der Waals surface area contributed by atoms with Crippen molar-refractivity contribution >= 4 is 10.0 Å². The Hall–Kier alpha value is -2.16. The second kappa shape index (κ2) is 6.15. The second-order valence-corrected chi connectivity index (χ2v) is 7.77. The van der Waals surface area contributed by atoms with E-state index >= 15 is 0 Å². The second-order valence-electron chi connectivity index (χ2n) is 5.88. The zero-order chi connectivity index (χ0) is 16.4. The Balaban J connectivity index is 2.01. The molecule has 0 amide bonds. The summed E-state index contributed by atoms with van der Waals surface area (Å²) in [4.78, 5) is 0.280. The third-order valence-corrected chi connectivity index (χ3v) is 6.14. The van der Waals surface area contributed by atoms with Gasteiger partial charge < -0.3 is 0 Å². The number of hydrogen-bond acceptors (Lipinski definition) is 3. The minimum atomic E-state index is -3.61. The minimum absolute atomic E-state index is 0.242. The van der Waals surface area contributed by atoms with Gasteiger partial charge in [0.25, 0.3) is 0 Å². The fourth-order valence-electron chi connectivity index (χ4n) is 2.99. The van der Waals surface area contributed by atoms with E-state index in [0.717, 1.165) is 11.1 Å². The third-order valence-electron chi connectivity index (χ3n) is 4.25. The Bertz CT molecular complexity index is 824. The zero-order valence-corrected chi connectivity index (χ0v) is 13.7. The van der Waals surface area contributed by atoms with Crippen LogP contribution < -0.4 is 0 Å². The van der Waals surface area contributed by atoms with Gasteiger partial charge in [0.15, 0.2) is 0 Å². The average molecular weight is 326 g/mol. The van der Waals surface area contributed by atoms with E-state index in [4.69, 9.17) is 0 Å². The van der Waals surface area contributed by atoms with Crippen LogP contribution in [0.5, 0.6) is 0 Å². The molecule has 1 aliphatic rings. The Morgan fingerprint density at radius 3 is 2.35 bits per heavy atom. The molecule has 2 aromatic rings. The van der Waals surface area contributed by atoms with Crippen molar-refractivity contribution in [2.45, 2.75) is 24.3 Å². The van der Waals surface area contributed by atoms with Crippen LogP contribution in [0.15, 0.2) is 59.5 Å². The highest BCUT2D eigenvalue weighted by atomic mass is 32.2. The smallest absolute Gasteiger partial charge is 0.207 e. The predicted octanol–water partition coefficient (Wildman–Crippen LogP) is 3.27. The first-order valence-corrected chi connectivity index (χ1v) is 8.99. The summed E-state index contributed by atoms with van der Waals surface area (Å²) in [5.41, 5.74) is 1.95. The Kier molecular flexibility index (Phi) is 4.20. The normalized spacial score (nSPS) is 21.9. The molecule has 4 nitrogen and oxygen atoms in total. The summed E-state index contributed by atoms with van der Waals surface area (Å²) in [5.74, 6) is -0.277. The quantitative estimate of drug-likeness (QED) is 0.869. The van der Waals surface area contributed by atoms with Gasteiger partial charge in [-0.05, 0) is 31.0 Å². The molecule has 1 fully saturated rings. The lowest BCUT2D eigenvalue weighted by Gasteiger charge is -2.24. The van der Waals surface area contributed by atoms with E-state index in [2.05, 4.69) is 6.07 Å². The van der Waals surface area contributed by atoms with Crippen molar-refractivity contribution in [1.82, 2.24) is 4.31 Å². The molecular weight excluding hydrogens is 308 g/mol. The first-order valence-electron chi connectivity index (χ1n) is 7.55. The molecule has 0 saturated carbocycles. The van der Waals surface area contributed by atoms with Crippen LogP contribution >= 0.6 is 0 Å². The van der Waals surface area contributed by atoms with Crippen LogP contribution in [0.2, 0.25) is 0 Å². The van der Waals surface area contributed by atoms with Gasteiger partial charge >= 0.3 is 0 Å². The van der Waals surface area contributed by atoms with Gasteiger partial charge in [-0.2, -0.15) is 9.57 Å². The van der Waals surface area contributed by atoms with Crippen LogP contribution in [0, 0.1) is 24.2 Å². The zero-order valence-electron chi connectivity index (χ0n) is 12.9. The number of sulfonamides is 1. The molecule has 0 radical (unpaired) electrons. The molecule has 2 aromatic carbocycles. The summed E-state index contributed by atoms with van der Waals surface area (Å²) in [5, 5.41) is 9.25. The molecule has 2 atom stereocenters. The van der Waals surface area contributed by atoms with E-state index in [-0.39, 0.29) is 23.4 Å². The summed E-state index contributed by atoms with van der Waals surface area (Å²) in [7, 11) is -3.61. The summed E-state index contributed by atoms with van der Waals surface area (Å²) in [6.45, 7) is 2.16. The molecule has 2 unspecified atom stereocenters. The van der Waals surface area contributed by atoms with Crippen molar-refractivity contribution in [2.75, 3.05) is 6.54 Å². The van der Waals surface area contributed by atoms with Gasteiger partial charge in [-0.15, -0.1) is 0 Å². The molecule has 0 aliphatic carbocycles. The Morgan fingerprint density at radius 2 is 1.74 bits per heavy atom. The molecule has 1 saturated heterocycles. The van der Waals surface area contributed by atoms with E-state index in [1.165, 1.54) is 4.31 Å². The Morgan fingerprint density at radius 1 is 1.09 bits per heavy atom. The van der Waals surface area contributed by atoms with Gasteiger partial charge in [-0.3, -0.25) is 0 Å². The molecule has 5 heteroatoms. The van der Waals surface area contributed by atoms with E-state index in [1.807, 2.05) is 37.3 Å².